The molecule has 28 heavy (non-hydrogen) atoms. The van der Waals surface area contributed by atoms with E-state index in [1.807, 2.05) is 0 Å². The van der Waals surface area contributed by atoms with E-state index < -0.39 is 0 Å². The molecule has 2 fully saturated rings. The van der Waals surface area contributed by atoms with Crippen LogP contribution >= 0.6 is 0 Å². The van der Waals surface area contributed by atoms with Gasteiger partial charge in [-0.1, -0.05) is 89.5 Å². The maximum absolute atomic E-state index is 2.40. The number of benzene rings is 1. The highest BCUT2D eigenvalue weighted by molar-refractivity contribution is 5.22. The highest BCUT2D eigenvalue weighted by Crippen LogP contribution is 2.42. The molecule has 2 saturated carbocycles. The van der Waals surface area contributed by atoms with E-state index in [0.717, 1.165) is 23.7 Å². The molecule has 3 rings (SSSR count). The molecule has 0 bridgehead atoms. The fourth-order valence-electron chi connectivity index (χ4n) is 6.13. The molecule has 1 aromatic carbocycles. The fourth-order valence-corrected chi connectivity index (χ4v) is 6.13. The van der Waals surface area contributed by atoms with Gasteiger partial charge < -0.3 is 0 Å². The molecule has 0 atom stereocenters. The third-order valence-electron chi connectivity index (χ3n) is 8.08. The second-order valence-electron chi connectivity index (χ2n) is 10.2. The molecule has 0 nitrogen and oxygen atoms in total. The molecular formula is C28H46. The van der Waals surface area contributed by atoms with E-state index in [1.165, 1.54) is 95.5 Å². The lowest BCUT2D eigenvalue weighted by atomic mass is 9.68. The second kappa shape index (κ2) is 12.0. The molecule has 1 aromatic rings. The van der Waals surface area contributed by atoms with Gasteiger partial charge in [-0.25, -0.2) is 0 Å². The number of hydrogen-bond donors (Lipinski definition) is 0. The second-order valence-corrected chi connectivity index (χ2v) is 10.2. The van der Waals surface area contributed by atoms with Crippen LogP contribution in [0.1, 0.15) is 115 Å². The van der Waals surface area contributed by atoms with Gasteiger partial charge in [0.25, 0.3) is 0 Å². The monoisotopic (exact) mass is 382 g/mol. The van der Waals surface area contributed by atoms with Crippen LogP contribution < -0.4 is 0 Å². The topological polar surface area (TPSA) is 0 Å². The summed E-state index contributed by atoms with van der Waals surface area (Å²) in [7, 11) is 0. The van der Waals surface area contributed by atoms with E-state index >= 15 is 0 Å². The van der Waals surface area contributed by atoms with Crippen LogP contribution in [0, 0.1) is 23.7 Å². The molecule has 0 aliphatic heterocycles. The first-order chi connectivity index (χ1) is 13.8. The van der Waals surface area contributed by atoms with Gasteiger partial charge in [0.1, 0.15) is 0 Å². The minimum Gasteiger partial charge on any atom is -0.0654 e. The molecule has 0 heteroatoms. The van der Waals surface area contributed by atoms with Gasteiger partial charge in [-0.2, -0.15) is 0 Å². The Labute approximate surface area is 175 Å². The van der Waals surface area contributed by atoms with E-state index in [0.29, 0.717) is 0 Å². The van der Waals surface area contributed by atoms with Gasteiger partial charge in [0, 0.05) is 0 Å². The van der Waals surface area contributed by atoms with E-state index in [2.05, 4.69) is 38.1 Å². The Morgan fingerprint density at radius 3 is 1.57 bits per heavy atom. The first-order valence-corrected chi connectivity index (χ1v) is 12.9. The molecule has 158 valence electrons. The Morgan fingerprint density at radius 2 is 1.07 bits per heavy atom. The first-order valence-electron chi connectivity index (χ1n) is 12.9. The van der Waals surface area contributed by atoms with Crippen LogP contribution in [0.3, 0.4) is 0 Å². The molecule has 0 unspecified atom stereocenters. The summed E-state index contributed by atoms with van der Waals surface area (Å²) in [6, 6.07) is 9.58. The Bertz CT molecular complexity index is 511. The van der Waals surface area contributed by atoms with Gasteiger partial charge >= 0.3 is 0 Å². The van der Waals surface area contributed by atoms with E-state index in [9.17, 15) is 0 Å². The fraction of sp³-hybridized carbons (Fsp3) is 0.786. The van der Waals surface area contributed by atoms with Crippen molar-refractivity contribution in [2.24, 2.45) is 23.7 Å². The molecule has 2 aliphatic carbocycles. The quantitative estimate of drug-likeness (QED) is 0.355. The summed E-state index contributed by atoms with van der Waals surface area (Å²) in [6.07, 6.45) is 23.1. The van der Waals surface area contributed by atoms with Crippen molar-refractivity contribution in [3.05, 3.63) is 35.4 Å². The van der Waals surface area contributed by atoms with Crippen molar-refractivity contribution in [2.75, 3.05) is 0 Å². The summed E-state index contributed by atoms with van der Waals surface area (Å²) in [4.78, 5) is 0. The number of unbranched alkanes of at least 4 members (excludes halogenated alkanes) is 2. The van der Waals surface area contributed by atoms with Gasteiger partial charge in [0.05, 0.1) is 0 Å². The summed E-state index contributed by atoms with van der Waals surface area (Å²) in [5.74, 6) is 4.21. The van der Waals surface area contributed by atoms with Crippen molar-refractivity contribution in [3.63, 3.8) is 0 Å². The highest BCUT2D eigenvalue weighted by atomic mass is 14.4. The lowest BCUT2D eigenvalue weighted by Crippen LogP contribution is -2.26. The summed E-state index contributed by atoms with van der Waals surface area (Å²) >= 11 is 0. The Morgan fingerprint density at radius 1 is 0.571 bits per heavy atom. The van der Waals surface area contributed by atoms with Crippen LogP contribution in [-0.2, 0) is 12.8 Å². The molecule has 0 heterocycles. The molecular weight excluding hydrogens is 336 g/mol. The first kappa shape index (κ1) is 21.9. The Hall–Kier alpha value is -0.780. The number of hydrogen-bond acceptors (Lipinski definition) is 0. The SMILES string of the molecule is CCCCCc1ccc(CC[C@H]2CC[C@H]([C@H]3CC[C@H](CCC)CC3)CC2)cc1. The molecule has 0 aromatic heterocycles. The number of rotatable bonds is 10. The maximum Gasteiger partial charge on any atom is -0.0276 e. The van der Waals surface area contributed by atoms with Crippen molar-refractivity contribution in [1.82, 2.24) is 0 Å². The molecule has 2 aliphatic rings. The lowest BCUT2D eigenvalue weighted by molar-refractivity contribution is 0.141. The van der Waals surface area contributed by atoms with Crippen molar-refractivity contribution in [1.29, 1.82) is 0 Å². The van der Waals surface area contributed by atoms with Crippen LogP contribution in [0.15, 0.2) is 24.3 Å². The molecule has 0 N–H and O–H groups in total. The molecule has 0 spiro atoms. The van der Waals surface area contributed by atoms with Gasteiger partial charge in [0.15, 0.2) is 0 Å². The van der Waals surface area contributed by atoms with Crippen molar-refractivity contribution >= 4 is 0 Å². The summed E-state index contributed by atoms with van der Waals surface area (Å²) in [6.45, 7) is 4.64. The van der Waals surface area contributed by atoms with E-state index in [1.54, 1.807) is 18.4 Å². The minimum absolute atomic E-state index is 0.997. The summed E-state index contributed by atoms with van der Waals surface area (Å²) in [5.41, 5.74) is 3.10. The van der Waals surface area contributed by atoms with Crippen molar-refractivity contribution in [2.45, 2.75) is 117 Å². The van der Waals surface area contributed by atoms with E-state index in [-0.39, 0.29) is 0 Å². The number of aryl methyl sites for hydroxylation is 2. The van der Waals surface area contributed by atoms with Gasteiger partial charge in [-0.15, -0.1) is 0 Å². The zero-order valence-electron chi connectivity index (χ0n) is 18.9. The van der Waals surface area contributed by atoms with Crippen LogP contribution in [0.25, 0.3) is 0 Å². The van der Waals surface area contributed by atoms with E-state index in [4.69, 9.17) is 0 Å². The molecule has 0 radical (unpaired) electrons. The molecule has 0 amide bonds. The highest BCUT2D eigenvalue weighted by Gasteiger charge is 2.30. The minimum atomic E-state index is 0.997. The predicted octanol–water partition coefficient (Wildman–Crippen LogP) is 8.76. The summed E-state index contributed by atoms with van der Waals surface area (Å²) < 4.78 is 0. The molecule has 0 saturated heterocycles. The third-order valence-corrected chi connectivity index (χ3v) is 8.08. The van der Waals surface area contributed by atoms with Gasteiger partial charge in [-0.05, 0) is 86.2 Å². The average molecular weight is 383 g/mol. The van der Waals surface area contributed by atoms with Crippen molar-refractivity contribution < 1.29 is 0 Å². The smallest absolute Gasteiger partial charge is 0.0276 e. The Kier molecular flexibility index (Phi) is 9.42. The zero-order chi connectivity index (χ0) is 19.6. The Balaban J connectivity index is 1.32. The van der Waals surface area contributed by atoms with Crippen LogP contribution in [0.5, 0.6) is 0 Å². The largest absolute Gasteiger partial charge is 0.0654 e. The maximum atomic E-state index is 2.40. The van der Waals surface area contributed by atoms with Gasteiger partial charge in [-0.3, -0.25) is 0 Å². The summed E-state index contributed by atoms with van der Waals surface area (Å²) in [5, 5.41) is 0. The zero-order valence-corrected chi connectivity index (χ0v) is 18.9. The normalized spacial score (nSPS) is 28.4. The van der Waals surface area contributed by atoms with Crippen molar-refractivity contribution in [3.8, 4) is 0 Å². The van der Waals surface area contributed by atoms with Crippen LogP contribution in [-0.4, -0.2) is 0 Å². The van der Waals surface area contributed by atoms with Crippen LogP contribution in [0.4, 0.5) is 0 Å². The van der Waals surface area contributed by atoms with Crippen LogP contribution in [0.2, 0.25) is 0 Å². The van der Waals surface area contributed by atoms with Gasteiger partial charge in [0.2, 0.25) is 0 Å². The standard InChI is InChI=1S/C28H46/c1-3-5-6-8-24-9-11-25(12-10-24)13-14-26-17-21-28(22-18-26)27-19-15-23(7-4-2)16-20-27/h9-12,23,26-28H,3-8,13-22H2,1-2H3/t23-,26-,27-,28-. The predicted molar refractivity (Wildman–Crippen MR) is 124 cm³/mol. The third kappa shape index (κ3) is 6.93. The average Bonchev–Trinajstić information content (AvgIpc) is 2.75. The lowest BCUT2D eigenvalue weighted by Gasteiger charge is -2.38.